The Kier molecular flexibility index (Phi) is 8.15. The molecule has 8 heteroatoms. The minimum atomic E-state index is -0.303. The molecule has 4 rings (SSSR count). The number of carbonyl (C=O) groups is 1. The van der Waals surface area contributed by atoms with Crippen molar-refractivity contribution in [3.63, 3.8) is 0 Å². The summed E-state index contributed by atoms with van der Waals surface area (Å²) in [5, 5.41) is 9.41. The van der Waals surface area contributed by atoms with E-state index in [9.17, 15) is 9.18 Å². The molecule has 0 saturated heterocycles. The van der Waals surface area contributed by atoms with Gasteiger partial charge < -0.3 is 9.30 Å². The molecule has 0 saturated carbocycles. The first-order valence-electron chi connectivity index (χ1n) is 11.5. The predicted molar refractivity (Wildman–Crippen MR) is 136 cm³/mol. The van der Waals surface area contributed by atoms with Crippen LogP contribution in [-0.2, 0) is 17.8 Å². The van der Waals surface area contributed by atoms with Gasteiger partial charge in [-0.2, -0.15) is 0 Å². The third kappa shape index (κ3) is 5.89. The zero-order valence-corrected chi connectivity index (χ0v) is 21.0. The highest BCUT2D eigenvalue weighted by atomic mass is 32.2. The molecule has 0 aliphatic heterocycles. The van der Waals surface area contributed by atoms with Crippen LogP contribution >= 0.6 is 11.8 Å². The summed E-state index contributed by atoms with van der Waals surface area (Å²) in [6.45, 7) is 6.06. The summed E-state index contributed by atoms with van der Waals surface area (Å²) in [4.78, 5) is 13.2. The van der Waals surface area contributed by atoms with Gasteiger partial charge in [0, 0.05) is 42.8 Å². The Balaban J connectivity index is 1.56. The Hall–Kier alpha value is -3.23. The van der Waals surface area contributed by atoms with Gasteiger partial charge in [-0.05, 0) is 56.2 Å². The van der Waals surface area contributed by atoms with E-state index in [1.807, 2.05) is 54.8 Å². The smallest absolute Gasteiger partial charge is 0.192 e. The van der Waals surface area contributed by atoms with Crippen LogP contribution in [0.5, 0.6) is 0 Å². The summed E-state index contributed by atoms with van der Waals surface area (Å²) in [5.41, 5.74) is 4.64. The third-order valence-corrected chi connectivity index (χ3v) is 6.91. The van der Waals surface area contributed by atoms with Gasteiger partial charge in [0.1, 0.15) is 5.82 Å². The molecule has 0 unspecified atom stereocenters. The molecule has 0 atom stereocenters. The van der Waals surface area contributed by atoms with Crippen molar-refractivity contribution in [2.24, 2.45) is 0 Å². The Bertz CT molecular complexity index is 1280. The maximum atomic E-state index is 13.5. The molecule has 0 radical (unpaired) electrons. The SMILES string of the molecule is COCCCn1c(C)cc(C(=O)CSc2nnc(-c3ccc(F)cc3)n2Cc2ccccc2)c1C. The number of aryl methyl sites for hydroxylation is 1. The van der Waals surface area contributed by atoms with Crippen LogP contribution in [0.3, 0.4) is 0 Å². The van der Waals surface area contributed by atoms with Gasteiger partial charge in [0.25, 0.3) is 0 Å². The van der Waals surface area contributed by atoms with Crippen molar-refractivity contribution >= 4 is 17.5 Å². The third-order valence-electron chi connectivity index (χ3n) is 5.94. The van der Waals surface area contributed by atoms with E-state index in [0.29, 0.717) is 24.1 Å². The van der Waals surface area contributed by atoms with Crippen molar-refractivity contribution in [1.29, 1.82) is 0 Å². The molecule has 6 nitrogen and oxygen atoms in total. The van der Waals surface area contributed by atoms with Crippen LogP contribution in [0.4, 0.5) is 4.39 Å². The number of nitrogens with zero attached hydrogens (tertiary/aromatic N) is 4. The molecule has 2 aromatic carbocycles. The molecule has 0 aliphatic carbocycles. The molecule has 0 spiro atoms. The highest BCUT2D eigenvalue weighted by molar-refractivity contribution is 7.99. The van der Waals surface area contributed by atoms with E-state index in [2.05, 4.69) is 14.8 Å². The topological polar surface area (TPSA) is 61.9 Å². The van der Waals surface area contributed by atoms with E-state index >= 15 is 0 Å². The summed E-state index contributed by atoms with van der Waals surface area (Å²) < 4.78 is 22.8. The van der Waals surface area contributed by atoms with Gasteiger partial charge in [0.05, 0.1) is 12.3 Å². The molecule has 35 heavy (non-hydrogen) atoms. The second kappa shape index (κ2) is 11.5. The summed E-state index contributed by atoms with van der Waals surface area (Å²) in [5.74, 6) is 0.639. The van der Waals surface area contributed by atoms with Crippen LogP contribution < -0.4 is 0 Å². The van der Waals surface area contributed by atoms with Gasteiger partial charge in [-0.1, -0.05) is 42.1 Å². The molecule has 2 aromatic heterocycles. The van der Waals surface area contributed by atoms with Crippen LogP contribution in [0.2, 0.25) is 0 Å². The molecule has 4 aromatic rings. The van der Waals surface area contributed by atoms with Gasteiger partial charge in [0.2, 0.25) is 0 Å². The number of ketones is 1. The van der Waals surface area contributed by atoms with E-state index in [1.54, 1.807) is 19.2 Å². The number of aromatic nitrogens is 4. The number of benzene rings is 2. The van der Waals surface area contributed by atoms with Crippen LogP contribution in [0.15, 0.2) is 65.8 Å². The largest absolute Gasteiger partial charge is 0.385 e. The molecule has 0 amide bonds. The number of Topliss-reactive ketones (excluding diaryl/α,β-unsaturated/α-hetero) is 1. The van der Waals surface area contributed by atoms with Crippen molar-refractivity contribution in [1.82, 2.24) is 19.3 Å². The first kappa shape index (κ1) is 24.9. The second-order valence-corrected chi connectivity index (χ2v) is 9.32. The van der Waals surface area contributed by atoms with E-state index in [0.717, 1.165) is 41.0 Å². The quantitative estimate of drug-likeness (QED) is 0.156. The minimum absolute atomic E-state index is 0.0543. The van der Waals surface area contributed by atoms with Crippen molar-refractivity contribution in [3.8, 4) is 11.4 Å². The van der Waals surface area contributed by atoms with Crippen LogP contribution in [0.25, 0.3) is 11.4 Å². The zero-order valence-electron chi connectivity index (χ0n) is 20.2. The molecule has 182 valence electrons. The van der Waals surface area contributed by atoms with Gasteiger partial charge in [-0.25, -0.2) is 4.39 Å². The molecule has 0 N–H and O–H groups in total. The second-order valence-electron chi connectivity index (χ2n) is 8.38. The van der Waals surface area contributed by atoms with Crippen molar-refractivity contribution in [2.75, 3.05) is 19.5 Å². The molecule has 0 bridgehead atoms. The number of carbonyl (C=O) groups excluding carboxylic acids is 1. The number of rotatable bonds is 11. The van der Waals surface area contributed by atoms with Crippen molar-refractivity contribution in [3.05, 3.63) is 89.0 Å². The summed E-state index contributed by atoms with van der Waals surface area (Å²) in [6, 6.07) is 18.2. The summed E-state index contributed by atoms with van der Waals surface area (Å²) in [6.07, 6.45) is 0.893. The number of methoxy groups -OCH3 is 1. The molecular formula is C27H29FN4O2S. The fraction of sp³-hybridized carbons (Fsp3) is 0.296. The normalized spacial score (nSPS) is 11.2. The van der Waals surface area contributed by atoms with E-state index < -0.39 is 0 Å². The Morgan fingerprint density at radius 3 is 2.49 bits per heavy atom. The standard InChI is InChI=1S/C27H29FN4O2S/c1-19-16-24(20(2)31(19)14-7-15-34-3)25(33)18-35-27-30-29-26(22-10-12-23(28)13-11-22)32(27)17-21-8-5-4-6-9-21/h4-6,8-13,16H,7,14-15,17-18H2,1-3H3. The van der Waals surface area contributed by atoms with Gasteiger partial charge in [0.15, 0.2) is 16.8 Å². The number of hydrogen-bond donors (Lipinski definition) is 0. The van der Waals surface area contributed by atoms with Crippen molar-refractivity contribution < 1.29 is 13.9 Å². The van der Waals surface area contributed by atoms with Crippen LogP contribution in [0.1, 0.15) is 33.7 Å². The lowest BCUT2D eigenvalue weighted by atomic mass is 10.2. The zero-order chi connectivity index (χ0) is 24.8. The number of thioether (sulfide) groups is 1. The van der Waals surface area contributed by atoms with Crippen LogP contribution in [0, 0.1) is 19.7 Å². The minimum Gasteiger partial charge on any atom is -0.385 e. The predicted octanol–water partition coefficient (Wildman–Crippen LogP) is 5.56. The van der Waals surface area contributed by atoms with Gasteiger partial charge >= 0.3 is 0 Å². The highest BCUT2D eigenvalue weighted by Crippen LogP contribution is 2.27. The number of ether oxygens (including phenoxy) is 1. The lowest BCUT2D eigenvalue weighted by Gasteiger charge is -2.11. The Labute approximate surface area is 209 Å². The lowest BCUT2D eigenvalue weighted by molar-refractivity contribution is 0.102. The number of halogens is 1. The van der Waals surface area contributed by atoms with E-state index in [-0.39, 0.29) is 17.4 Å². The lowest BCUT2D eigenvalue weighted by Crippen LogP contribution is -2.09. The van der Waals surface area contributed by atoms with Gasteiger partial charge in [-0.15, -0.1) is 10.2 Å². The molecule has 0 aliphatic rings. The Morgan fingerprint density at radius 2 is 1.77 bits per heavy atom. The molecular weight excluding hydrogens is 463 g/mol. The fourth-order valence-corrected chi connectivity index (χ4v) is 4.94. The fourth-order valence-electron chi connectivity index (χ4n) is 4.12. The first-order chi connectivity index (χ1) is 17.0. The highest BCUT2D eigenvalue weighted by Gasteiger charge is 2.19. The average Bonchev–Trinajstić information content (AvgIpc) is 3.39. The van der Waals surface area contributed by atoms with E-state index in [1.165, 1.54) is 23.9 Å². The Morgan fingerprint density at radius 1 is 1.03 bits per heavy atom. The average molecular weight is 493 g/mol. The summed E-state index contributed by atoms with van der Waals surface area (Å²) >= 11 is 1.37. The van der Waals surface area contributed by atoms with E-state index in [4.69, 9.17) is 4.74 Å². The molecule has 0 fully saturated rings. The summed E-state index contributed by atoms with van der Waals surface area (Å²) in [7, 11) is 1.69. The maximum Gasteiger partial charge on any atom is 0.192 e. The van der Waals surface area contributed by atoms with Gasteiger partial charge in [-0.3, -0.25) is 9.36 Å². The number of hydrogen-bond acceptors (Lipinski definition) is 5. The maximum absolute atomic E-state index is 13.5. The van der Waals surface area contributed by atoms with Crippen LogP contribution in [-0.4, -0.2) is 44.6 Å². The van der Waals surface area contributed by atoms with Crippen molar-refractivity contribution in [2.45, 2.75) is 38.5 Å². The first-order valence-corrected chi connectivity index (χ1v) is 12.5. The monoisotopic (exact) mass is 492 g/mol. The molecule has 2 heterocycles.